The summed E-state index contributed by atoms with van der Waals surface area (Å²) in [6.07, 6.45) is 8.65. The molecule has 1 N–H and O–H groups in total. The molecule has 3 heteroatoms. The molecule has 0 radical (unpaired) electrons. The third-order valence-electron chi connectivity index (χ3n) is 6.28. The lowest BCUT2D eigenvalue weighted by atomic mass is 9.87. The van der Waals surface area contributed by atoms with Gasteiger partial charge in [-0.05, 0) is 88.5 Å². The summed E-state index contributed by atoms with van der Waals surface area (Å²) in [5.74, 6) is 2.03. The molecule has 128 valence electrons. The van der Waals surface area contributed by atoms with Crippen LogP contribution in [-0.4, -0.2) is 62.2 Å². The van der Waals surface area contributed by atoms with Crippen LogP contribution < -0.4 is 5.32 Å². The zero-order chi connectivity index (χ0) is 15.4. The van der Waals surface area contributed by atoms with Crippen molar-refractivity contribution in [1.29, 1.82) is 0 Å². The molecule has 1 saturated carbocycles. The van der Waals surface area contributed by atoms with Gasteiger partial charge in [-0.1, -0.05) is 13.8 Å². The van der Waals surface area contributed by atoms with Gasteiger partial charge in [0.1, 0.15) is 0 Å². The summed E-state index contributed by atoms with van der Waals surface area (Å²) < 4.78 is 0. The smallest absolute Gasteiger partial charge is 0.00480 e. The van der Waals surface area contributed by atoms with Crippen molar-refractivity contribution < 1.29 is 0 Å². The summed E-state index contributed by atoms with van der Waals surface area (Å²) >= 11 is 0. The lowest BCUT2D eigenvalue weighted by Gasteiger charge is -2.37. The van der Waals surface area contributed by atoms with E-state index < -0.39 is 0 Å². The minimum atomic E-state index is 0.538. The van der Waals surface area contributed by atoms with Gasteiger partial charge in [0.15, 0.2) is 0 Å². The predicted octanol–water partition coefficient (Wildman–Crippen LogP) is 2.82. The van der Waals surface area contributed by atoms with E-state index in [1.54, 1.807) is 0 Å². The molecule has 3 nitrogen and oxygen atoms in total. The molecule has 0 amide bonds. The van der Waals surface area contributed by atoms with E-state index in [0.29, 0.717) is 5.41 Å². The third kappa shape index (κ3) is 4.94. The van der Waals surface area contributed by atoms with Crippen molar-refractivity contribution in [1.82, 2.24) is 15.1 Å². The predicted molar refractivity (Wildman–Crippen MR) is 94.2 cm³/mol. The largest absolute Gasteiger partial charge is 0.316 e. The van der Waals surface area contributed by atoms with Crippen molar-refractivity contribution in [3.05, 3.63) is 0 Å². The van der Waals surface area contributed by atoms with Gasteiger partial charge in [0, 0.05) is 19.6 Å². The Labute approximate surface area is 137 Å². The van der Waals surface area contributed by atoms with Crippen LogP contribution in [0.3, 0.4) is 0 Å². The standard InChI is InChI=1S/C19H37N3/c1-3-21(14-18-4-5-18)11-6-17-7-12-22(13-8-17)16-19(2)9-10-20-15-19/h17-18,20H,3-16H2,1-2H3. The Hall–Kier alpha value is -0.120. The molecule has 22 heavy (non-hydrogen) atoms. The summed E-state index contributed by atoms with van der Waals surface area (Å²) in [7, 11) is 0. The zero-order valence-electron chi connectivity index (χ0n) is 14.9. The van der Waals surface area contributed by atoms with Gasteiger partial charge in [0.25, 0.3) is 0 Å². The average Bonchev–Trinajstić information content (AvgIpc) is 3.25. The summed E-state index contributed by atoms with van der Waals surface area (Å²) in [6, 6.07) is 0. The van der Waals surface area contributed by atoms with E-state index in [2.05, 4.69) is 29.0 Å². The Kier molecular flexibility index (Phi) is 5.80. The maximum Gasteiger partial charge on any atom is 0.00480 e. The molecule has 1 atom stereocenters. The fourth-order valence-electron chi connectivity index (χ4n) is 4.39. The summed E-state index contributed by atoms with van der Waals surface area (Å²) in [5.41, 5.74) is 0.538. The molecule has 3 rings (SSSR count). The van der Waals surface area contributed by atoms with Gasteiger partial charge in [-0.3, -0.25) is 0 Å². The van der Waals surface area contributed by atoms with Gasteiger partial charge in [-0.2, -0.15) is 0 Å². The van der Waals surface area contributed by atoms with Crippen LogP contribution in [0.1, 0.15) is 52.4 Å². The number of nitrogens with one attached hydrogen (secondary N) is 1. The fraction of sp³-hybridized carbons (Fsp3) is 1.00. The van der Waals surface area contributed by atoms with E-state index >= 15 is 0 Å². The summed E-state index contributed by atoms with van der Waals surface area (Å²) in [5, 5.41) is 3.54. The van der Waals surface area contributed by atoms with Gasteiger partial charge in [0.2, 0.25) is 0 Å². The van der Waals surface area contributed by atoms with E-state index in [1.165, 1.54) is 90.9 Å². The molecule has 2 heterocycles. The molecule has 1 aliphatic carbocycles. The van der Waals surface area contributed by atoms with Crippen LogP contribution >= 0.6 is 0 Å². The van der Waals surface area contributed by atoms with Gasteiger partial charge >= 0.3 is 0 Å². The van der Waals surface area contributed by atoms with Crippen LogP contribution in [-0.2, 0) is 0 Å². The van der Waals surface area contributed by atoms with E-state index in [9.17, 15) is 0 Å². The zero-order valence-corrected chi connectivity index (χ0v) is 14.9. The lowest BCUT2D eigenvalue weighted by molar-refractivity contribution is 0.119. The highest BCUT2D eigenvalue weighted by Crippen LogP contribution is 2.31. The molecular formula is C19H37N3. The van der Waals surface area contributed by atoms with E-state index in [1.807, 2.05) is 0 Å². The highest BCUT2D eigenvalue weighted by molar-refractivity contribution is 4.88. The first-order valence-electron chi connectivity index (χ1n) is 9.82. The van der Waals surface area contributed by atoms with Gasteiger partial charge in [-0.25, -0.2) is 0 Å². The second kappa shape index (κ2) is 7.63. The molecule has 0 aromatic rings. The second-order valence-electron chi connectivity index (χ2n) is 8.58. The number of hydrogen-bond donors (Lipinski definition) is 1. The minimum Gasteiger partial charge on any atom is -0.316 e. The molecule has 2 saturated heterocycles. The number of nitrogens with zero attached hydrogens (tertiary/aromatic N) is 2. The average molecular weight is 308 g/mol. The first kappa shape index (κ1) is 16.7. The van der Waals surface area contributed by atoms with Crippen molar-refractivity contribution >= 4 is 0 Å². The van der Waals surface area contributed by atoms with Crippen LogP contribution in [0.2, 0.25) is 0 Å². The number of piperidine rings is 1. The maximum atomic E-state index is 3.54. The second-order valence-corrected chi connectivity index (χ2v) is 8.58. The van der Waals surface area contributed by atoms with E-state index in [0.717, 1.165) is 11.8 Å². The molecule has 0 spiro atoms. The maximum absolute atomic E-state index is 3.54. The van der Waals surface area contributed by atoms with Crippen molar-refractivity contribution in [2.45, 2.75) is 52.4 Å². The summed E-state index contributed by atoms with van der Waals surface area (Å²) in [4.78, 5) is 5.45. The SMILES string of the molecule is CCN(CCC1CCN(CC2(C)CCNC2)CC1)CC1CC1. The van der Waals surface area contributed by atoms with E-state index in [4.69, 9.17) is 0 Å². The van der Waals surface area contributed by atoms with Crippen molar-refractivity contribution in [2.24, 2.45) is 17.3 Å². The van der Waals surface area contributed by atoms with Crippen molar-refractivity contribution in [2.75, 3.05) is 52.4 Å². The summed E-state index contributed by atoms with van der Waals surface area (Å²) in [6.45, 7) is 15.2. The lowest BCUT2D eigenvalue weighted by Crippen LogP contribution is -2.42. The topological polar surface area (TPSA) is 18.5 Å². The fourth-order valence-corrected chi connectivity index (χ4v) is 4.39. The molecule has 3 fully saturated rings. The Morgan fingerprint density at radius 2 is 1.91 bits per heavy atom. The molecule has 2 aliphatic heterocycles. The van der Waals surface area contributed by atoms with Gasteiger partial charge in [-0.15, -0.1) is 0 Å². The Morgan fingerprint density at radius 3 is 2.50 bits per heavy atom. The monoisotopic (exact) mass is 307 g/mol. The van der Waals surface area contributed by atoms with E-state index in [-0.39, 0.29) is 0 Å². The van der Waals surface area contributed by atoms with Crippen LogP contribution in [0.5, 0.6) is 0 Å². The van der Waals surface area contributed by atoms with Crippen LogP contribution in [0.15, 0.2) is 0 Å². The first-order valence-corrected chi connectivity index (χ1v) is 9.82. The molecule has 0 bridgehead atoms. The van der Waals surface area contributed by atoms with Crippen LogP contribution in [0.4, 0.5) is 0 Å². The molecule has 1 unspecified atom stereocenters. The number of hydrogen-bond acceptors (Lipinski definition) is 3. The molecule has 0 aromatic carbocycles. The first-order chi connectivity index (χ1) is 10.7. The Morgan fingerprint density at radius 1 is 1.14 bits per heavy atom. The van der Waals surface area contributed by atoms with Crippen LogP contribution in [0, 0.1) is 17.3 Å². The van der Waals surface area contributed by atoms with Gasteiger partial charge < -0.3 is 15.1 Å². The highest BCUT2D eigenvalue weighted by Gasteiger charge is 2.32. The molecule has 0 aromatic heterocycles. The number of rotatable bonds is 8. The van der Waals surface area contributed by atoms with Crippen molar-refractivity contribution in [3.8, 4) is 0 Å². The molecular weight excluding hydrogens is 270 g/mol. The normalized spacial score (nSPS) is 31.2. The minimum absolute atomic E-state index is 0.538. The quantitative estimate of drug-likeness (QED) is 0.744. The highest BCUT2D eigenvalue weighted by atomic mass is 15.1. The number of likely N-dealkylation sites (tertiary alicyclic amines) is 1. The Balaban J connectivity index is 1.32. The molecule has 3 aliphatic rings. The third-order valence-corrected chi connectivity index (χ3v) is 6.28. The Bertz CT molecular complexity index is 326. The van der Waals surface area contributed by atoms with Crippen molar-refractivity contribution in [3.63, 3.8) is 0 Å². The van der Waals surface area contributed by atoms with Crippen LogP contribution in [0.25, 0.3) is 0 Å². The van der Waals surface area contributed by atoms with Gasteiger partial charge in [0.05, 0.1) is 0 Å².